The van der Waals surface area contributed by atoms with E-state index in [1.807, 2.05) is 12.1 Å². The van der Waals surface area contributed by atoms with Crippen LogP contribution in [0.2, 0.25) is 0 Å². The Hall–Kier alpha value is -2.64. The minimum Gasteiger partial charge on any atom is -0.476 e. The van der Waals surface area contributed by atoms with Crippen LogP contribution in [0.25, 0.3) is 0 Å². The molecule has 1 aromatic carbocycles. The van der Waals surface area contributed by atoms with Crippen molar-refractivity contribution in [2.24, 2.45) is 5.10 Å². The van der Waals surface area contributed by atoms with Crippen LogP contribution in [-0.4, -0.2) is 68.6 Å². The average molecular weight is 440 g/mol. The number of pyridine rings is 1. The number of anilines is 2. The second-order valence-corrected chi connectivity index (χ2v) is 8.12. The summed E-state index contributed by atoms with van der Waals surface area (Å²) in [6.45, 7) is 13.5. The van der Waals surface area contributed by atoms with Crippen LogP contribution in [-0.2, 0) is 4.74 Å². The van der Waals surface area contributed by atoms with Gasteiger partial charge in [0.05, 0.1) is 30.8 Å². The van der Waals surface area contributed by atoms with Gasteiger partial charge in [-0.2, -0.15) is 5.10 Å². The summed E-state index contributed by atoms with van der Waals surface area (Å²) in [6.07, 6.45) is 3.94. The fourth-order valence-electron chi connectivity index (χ4n) is 3.74. The summed E-state index contributed by atoms with van der Waals surface area (Å²) in [5.41, 5.74) is 7.15. The lowest BCUT2D eigenvalue weighted by atomic mass is 10.2. The molecule has 0 unspecified atom stereocenters. The molecule has 2 heterocycles. The van der Waals surface area contributed by atoms with Crippen molar-refractivity contribution in [2.75, 3.05) is 62.9 Å². The first-order valence-electron chi connectivity index (χ1n) is 11.7. The molecule has 32 heavy (non-hydrogen) atoms. The van der Waals surface area contributed by atoms with E-state index in [2.05, 4.69) is 70.3 Å². The summed E-state index contributed by atoms with van der Waals surface area (Å²) in [5.74, 6) is 0.643. The van der Waals surface area contributed by atoms with Gasteiger partial charge in [-0.15, -0.1) is 0 Å². The SMILES string of the molecule is CCCN(CCC)c1cc(/C=N/Nc2cccc(C)c2)nc(OCCN2CCOCC2)c1. The predicted octanol–water partition coefficient (Wildman–Crippen LogP) is 4.17. The second-order valence-electron chi connectivity index (χ2n) is 8.12. The van der Waals surface area contributed by atoms with Crippen molar-refractivity contribution >= 4 is 17.6 Å². The largest absolute Gasteiger partial charge is 0.476 e. The molecule has 0 atom stereocenters. The molecule has 1 aliphatic heterocycles. The van der Waals surface area contributed by atoms with Crippen LogP contribution in [0.1, 0.15) is 37.9 Å². The molecular weight excluding hydrogens is 402 g/mol. The number of nitrogens with one attached hydrogen (secondary N) is 1. The average Bonchev–Trinajstić information content (AvgIpc) is 2.80. The molecule has 2 aromatic rings. The van der Waals surface area contributed by atoms with Crippen LogP contribution in [0.3, 0.4) is 0 Å². The number of rotatable bonds is 12. The molecule has 1 saturated heterocycles. The van der Waals surface area contributed by atoms with E-state index in [0.717, 1.165) is 75.8 Å². The highest BCUT2D eigenvalue weighted by atomic mass is 16.5. The van der Waals surface area contributed by atoms with Crippen LogP contribution in [0.15, 0.2) is 41.5 Å². The number of aryl methyl sites for hydroxylation is 1. The standard InChI is InChI=1S/C25H37N5O2/c1-4-9-30(10-5-2)24-18-23(20-26-28-22-8-6-7-21(3)17-22)27-25(19-24)32-16-13-29-11-14-31-15-12-29/h6-8,17-20,28H,4-5,9-16H2,1-3H3/b26-20+. The van der Waals surface area contributed by atoms with E-state index in [1.165, 1.54) is 5.56 Å². The molecule has 0 radical (unpaired) electrons. The molecule has 0 amide bonds. The van der Waals surface area contributed by atoms with E-state index in [4.69, 9.17) is 9.47 Å². The molecule has 0 saturated carbocycles. The minimum atomic E-state index is 0.607. The first-order chi connectivity index (χ1) is 15.7. The number of ether oxygens (including phenoxy) is 2. The van der Waals surface area contributed by atoms with Gasteiger partial charge in [0, 0.05) is 44.5 Å². The number of nitrogens with zero attached hydrogens (tertiary/aromatic N) is 4. The van der Waals surface area contributed by atoms with Gasteiger partial charge >= 0.3 is 0 Å². The summed E-state index contributed by atoms with van der Waals surface area (Å²) in [7, 11) is 0. The highest BCUT2D eigenvalue weighted by Gasteiger charge is 2.12. The van der Waals surface area contributed by atoms with Gasteiger partial charge in [-0.05, 0) is 43.5 Å². The van der Waals surface area contributed by atoms with Gasteiger partial charge in [-0.3, -0.25) is 10.3 Å². The fraction of sp³-hybridized carbons (Fsp3) is 0.520. The van der Waals surface area contributed by atoms with Gasteiger partial charge < -0.3 is 14.4 Å². The molecule has 174 valence electrons. The Bertz CT molecular complexity index is 846. The van der Waals surface area contributed by atoms with Gasteiger partial charge in [0.25, 0.3) is 0 Å². The van der Waals surface area contributed by atoms with Gasteiger partial charge in [-0.25, -0.2) is 4.98 Å². The summed E-state index contributed by atoms with van der Waals surface area (Å²) >= 11 is 0. The van der Waals surface area contributed by atoms with Gasteiger partial charge in [0.1, 0.15) is 6.61 Å². The Morgan fingerprint density at radius 3 is 2.66 bits per heavy atom. The predicted molar refractivity (Wildman–Crippen MR) is 132 cm³/mol. The first kappa shape index (κ1) is 24.0. The summed E-state index contributed by atoms with van der Waals surface area (Å²) in [6, 6.07) is 12.3. The van der Waals surface area contributed by atoms with Crippen molar-refractivity contribution in [1.29, 1.82) is 0 Å². The minimum absolute atomic E-state index is 0.607. The maximum Gasteiger partial charge on any atom is 0.215 e. The Kier molecular flexibility index (Phi) is 9.78. The van der Waals surface area contributed by atoms with E-state index in [-0.39, 0.29) is 0 Å². The van der Waals surface area contributed by atoms with Crippen molar-refractivity contribution in [3.63, 3.8) is 0 Å². The van der Waals surface area contributed by atoms with Crippen molar-refractivity contribution in [3.8, 4) is 5.88 Å². The lowest BCUT2D eigenvalue weighted by Crippen LogP contribution is -2.38. The fourth-order valence-corrected chi connectivity index (χ4v) is 3.74. The molecular formula is C25H37N5O2. The van der Waals surface area contributed by atoms with Gasteiger partial charge in [0.15, 0.2) is 0 Å². The molecule has 0 bridgehead atoms. The molecule has 1 fully saturated rings. The summed E-state index contributed by atoms with van der Waals surface area (Å²) in [4.78, 5) is 9.44. The number of benzene rings is 1. The van der Waals surface area contributed by atoms with E-state index < -0.39 is 0 Å². The van der Waals surface area contributed by atoms with Crippen LogP contribution >= 0.6 is 0 Å². The zero-order chi connectivity index (χ0) is 22.6. The molecule has 7 nitrogen and oxygen atoms in total. The monoisotopic (exact) mass is 439 g/mol. The van der Waals surface area contributed by atoms with Crippen molar-refractivity contribution in [3.05, 3.63) is 47.7 Å². The van der Waals surface area contributed by atoms with Crippen molar-refractivity contribution in [2.45, 2.75) is 33.6 Å². The Labute approximate surface area is 192 Å². The number of hydrogen-bond acceptors (Lipinski definition) is 7. The quantitative estimate of drug-likeness (QED) is 0.396. The molecule has 0 spiro atoms. The zero-order valence-electron chi connectivity index (χ0n) is 19.7. The molecule has 7 heteroatoms. The Morgan fingerprint density at radius 1 is 1.16 bits per heavy atom. The highest BCUT2D eigenvalue weighted by molar-refractivity contribution is 5.80. The number of hydrazone groups is 1. The highest BCUT2D eigenvalue weighted by Crippen LogP contribution is 2.22. The van der Waals surface area contributed by atoms with Crippen LogP contribution < -0.4 is 15.1 Å². The van der Waals surface area contributed by atoms with Gasteiger partial charge in [0.2, 0.25) is 5.88 Å². The number of morpholine rings is 1. The third-order valence-corrected chi connectivity index (χ3v) is 5.33. The van der Waals surface area contributed by atoms with Crippen molar-refractivity contribution < 1.29 is 9.47 Å². The lowest BCUT2D eigenvalue weighted by molar-refractivity contribution is 0.0320. The normalized spacial score (nSPS) is 14.6. The van der Waals surface area contributed by atoms with E-state index >= 15 is 0 Å². The third-order valence-electron chi connectivity index (χ3n) is 5.33. The molecule has 0 aliphatic carbocycles. The zero-order valence-corrected chi connectivity index (χ0v) is 19.7. The second kappa shape index (κ2) is 13.0. The van der Waals surface area contributed by atoms with Gasteiger partial charge in [-0.1, -0.05) is 26.0 Å². The van der Waals surface area contributed by atoms with Crippen molar-refractivity contribution in [1.82, 2.24) is 9.88 Å². The third kappa shape index (κ3) is 7.80. The Morgan fingerprint density at radius 2 is 1.94 bits per heavy atom. The topological polar surface area (TPSA) is 62.2 Å². The molecule has 1 N–H and O–H groups in total. The van der Waals surface area contributed by atoms with Crippen LogP contribution in [0, 0.1) is 6.92 Å². The molecule has 3 rings (SSSR count). The smallest absolute Gasteiger partial charge is 0.215 e. The lowest BCUT2D eigenvalue weighted by Gasteiger charge is -2.26. The maximum atomic E-state index is 6.07. The summed E-state index contributed by atoms with van der Waals surface area (Å²) in [5, 5.41) is 4.41. The number of hydrogen-bond donors (Lipinski definition) is 1. The van der Waals surface area contributed by atoms with E-state index in [1.54, 1.807) is 6.21 Å². The van der Waals surface area contributed by atoms with Crippen LogP contribution in [0.4, 0.5) is 11.4 Å². The molecule has 1 aromatic heterocycles. The molecule has 1 aliphatic rings. The van der Waals surface area contributed by atoms with E-state index in [9.17, 15) is 0 Å². The maximum absolute atomic E-state index is 6.07. The van der Waals surface area contributed by atoms with Crippen LogP contribution in [0.5, 0.6) is 5.88 Å². The Balaban J connectivity index is 1.71. The van der Waals surface area contributed by atoms with E-state index in [0.29, 0.717) is 12.5 Å². The number of aromatic nitrogens is 1. The summed E-state index contributed by atoms with van der Waals surface area (Å²) < 4.78 is 11.5. The first-order valence-corrected chi connectivity index (χ1v) is 11.7.